The Hall–Kier alpha value is -0.160. The molecule has 2 aliphatic rings. The van der Waals surface area contributed by atoms with Gasteiger partial charge in [-0.05, 0) is 46.2 Å². The van der Waals surface area contributed by atoms with Gasteiger partial charge in [0.05, 0.1) is 18.3 Å². The smallest absolute Gasteiger partial charge is 0.0678 e. The highest BCUT2D eigenvalue weighted by Gasteiger charge is 2.21. The summed E-state index contributed by atoms with van der Waals surface area (Å²) in [7, 11) is 0. The van der Waals surface area contributed by atoms with Gasteiger partial charge in [0, 0.05) is 26.2 Å². The van der Waals surface area contributed by atoms with E-state index < -0.39 is 0 Å². The third-order valence-corrected chi connectivity index (χ3v) is 3.75. The Morgan fingerprint density at radius 3 is 2.50 bits per heavy atom. The third kappa shape index (κ3) is 4.84. The zero-order chi connectivity index (χ0) is 12.8. The van der Waals surface area contributed by atoms with E-state index in [0.717, 1.165) is 45.8 Å². The van der Waals surface area contributed by atoms with Gasteiger partial charge in [0.25, 0.3) is 0 Å². The number of rotatable bonds is 5. The van der Waals surface area contributed by atoms with E-state index >= 15 is 0 Å². The summed E-state index contributed by atoms with van der Waals surface area (Å²) in [5.41, 5.74) is 0. The van der Waals surface area contributed by atoms with Crippen molar-refractivity contribution >= 4 is 0 Å². The Morgan fingerprint density at radius 1 is 1.17 bits per heavy atom. The van der Waals surface area contributed by atoms with Crippen LogP contribution in [0.2, 0.25) is 0 Å². The summed E-state index contributed by atoms with van der Waals surface area (Å²) in [5, 5.41) is 3.36. The van der Waals surface area contributed by atoms with Crippen LogP contribution in [-0.4, -0.2) is 62.5 Å². The number of piperidine rings is 1. The Balaban J connectivity index is 1.54. The SMILES string of the molecule is C[C@@H]1CN(CCCOC2CCNCC2)C[C@H](C)O1. The molecule has 2 heterocycles. The van der Waals surface area contributed by atoms with E-state index in [-0.39, 0.29) is 0 Å². The van der Waals surface area contributed by atoms with Crippen molar-refractivity contribution in [1.29, 1.82) is 0 Å². The van der Waals surface area contributed by atoms with Gasteiger partial charge < -0.3 is 14.8 Å². The molecule has 2 fully saturated rings. The number of hydrogen-bond acceptors (Lipinski definition) is 4. The van der Waals surface area contributed by atoms with Gasteiger partial charge in [0.1, 0.15) is 0 Å². The maximum absolute atomic E-state index is 5.93. The minimum Gasteiger partial charge on any atom is -0.378 e. The predicted molar refractivity (Wildman–Crippen MR) is 72.9 cm³/mol. The molecule has 4 heteroatoms. The van der Waals surface area contributed by atoms with Crippen LogP contribution in [0.4, 0.5) is 0 Å². The third-order valence-electron chi connectivity index (χ3n) is 3.75. The molecule has 2 atom stereocenters. The van der Waals surface area contributed by atoms with E-state index in [9.17, 15) is 0 Å². The molecule has 0 saturated carbocycles. The highest BCUT2D eigenvalue weighted by molar-refractivity contribution is 4.73. The molecule has 0 aromatic heterocycles. The Labute approximate surface area is 111 Å². The molecular weight excluding hydrogens is 228 g/mol. The van der Waals surface area contributed by atoms with Crippen molar-refractivity contribution in [3.8, 4) is 0 Å². The second kappa shape index (κ2) is 7.43. The van der Waals surface area contributed by atoms with Gasteiger partial charge in [0.15, 0.2) is 0 Å². The lowest BCUT2D eigenvalue weighted by atomic mass is 10.1. The van der Waals surface area contributed by atoms with Gasteiger partial charge in [-0.2, -0.15) is 0 Å². The van der Waals surface area contributed by atoms with Crippen molar-refractivity contribution in [2.45, 2.75) is 51.4 Å². The van der Waals surface area contributed by atoms with Crippen LogP contribution in [0.25, 0.3) is 0 Å². The highest BCUT2D eigenvalue weighted by atomic mass is 16.5. The summed E-state index contributed by atoms with van der Waals surface area (Å²) in [6.45, 7) is 10.7. The molecule has 0 bridgehead atoms. The standard InChI is InChI=1S/C14H28N2O2/c1-12-10-16(11-13(2)18-12)8-3-9-17-14-4-6-15-7-5-14/h12-15H,3-11H2,1-2H3/t12-,13+. The van der Waals surface area contributed by atoms with Gasteiger partial charge in [0.2, 0.25) is 0 Å². The highest BCUT2D eigenvalue weighted by Crippen LogP contribution is 2.11. The van der Waals surface area contributed by atoms with Crippen LogP contribution in [0.5, 0.6) is 0 Å². The van der Waals surface area contributed by atoms with Crippen molar-refractivity contribution in [3.63, 3.8) is 0 Å². The average Bonchev–Trinajstić information content (AvgIpc) is 2.35. The molecule has 2 saturated heterocycles. The molecule has 4 nitrogen and oxygen atoms in total. The largest absolute Gasteiger partial charge is 0.378 e. The maximum Gasteiger partial charge on any atom is 0.0678 e. The molecule has 2 aliphatic heterocycles. The van der Waals surface area contributed by atoms with Crippen molar-refractivity contribution in [2.75, 3.05) is 39.3 Å². The summed E-state index contributed by atoms with van der Waals surface area (Å²) in [6.07, 6.45) is 4.73. The summed E-state index contributed by atoms with van der Waals surface area (Å²) in [4.78, 5) is 2.50. The second-order valence-corrected chi connectivity index (χ2v) is 5.69. The molecule has 0 radical (unpaired) electrons. The number of nitrogens with zero attached hydrogens (tertiary/aromatic N) is 1. The first-order valence-electron chi connectivity index (χ1n) is 7.44. The summed E-state index contributed by atoms with van der Waals surface area (Å²) < 4.78 is 11.7. The van der Waals surface area contributed by atoms with Crippen molar-refractivity contribution in [2.24, 2.45) is 0 Å². The van der Waals surface area contributed by atoms with Crippen LogP contribution in [0.3, 0.4) is 0 Å². The van der Waals surface area contributed by atoms with Crippen LogP contribution < -0.4 is 5.32 Å². The van der Waals surface area contributed by atoms with Crippen LogP contribution >= 0.6 is 0 Å². The number of nitrogens with one attached hydrogen (secondary N) is 1. The Morgan fingerprint density at radius 2 is 1.83 bits per heavy atom. The number of morpholine rings is 1. The van der Waals surface area contributed by atoms with E-state index in [4.69, 9.17) is 9.47 Å². The molecule has 106 valence electrons. The fourth-order valence-corrected chi connectivity index (χ4v) is 2.97. The zero-order valence-electron chi connectivity index (χ0n) is 11.9. The van der Waals surface area contributed by atoms with Gasteiger partial charge >= 0.3 is 0 Å². The monoisotopic (exact) mass is 256 g/mol. The van der Waals surface area contributed by atoms with Crippen LogP contribution in [-0.2, 0) is 9.47 Å². The molecule has 0 amide bonds. The molecule has 0 aliphatic carbocycles. The quantitative estimate of drug-likeness (QED) is 0.751. The fraction of sp³-hybridized carbons (Fsp3) is 1.00. The van der Waals surface area contributed by atoms with Crippen molar-refractivity contribution in [3.05, 3.63) is 0 Å². The molecule has 0 aromatic rings. The van der Waals surface area contributed by atoms with E-state index in [2.05, 4.69) is 24.1 Å². The molecular formula is C14H28N2O2. The normalized spacial score (nSPS) is 31.7. The molecule has 1 N–H and O–H groups in total. The topological polar surface area (TPSA) is 33.7 Å². The van der Waals surface area contributed by atoms with Crippen LogP contribution in [0.1, 0.15) is 33.1 Å². The number of ether oxygens (including phenoxy) is 2. The zero-order valence-corrected chi connectivity index (χ0v) is 11.9. The van der Waals surface area contributed by atoms with Crippen LogP contribution in [0.15, 0.2) is 0 Å². The molecule has 0 unspecified atom stereocenters. The van der Waals surface area contributed by atoms with E-state index in [1.165, 1.54) is 12.8 Å². The predicted octanol–water partition coefficient (Wildman–Crippen LogP) is 1.25. The Kier molecular flexibility index (Phi) is 5.89. The minimum absolute atomic E-state index is 0.374. The molecule has 0 spiro atoms. The summed E-state index contributed by atoms with van der Waals surface area (Å²) in [6, 6.07) is 0. The molecule has 2 rings (SSSR count). The minimum atomic E-state index is 0.374. The molecule has 18 heavy (non-hydrogen) atoms. The van der Waals surface area contributed by atoms with E-state index in [1.54, 1.807) is 0 Å². The lowest BCUT2D eigenvalue weighted by molar-refractivity contribution is -0.0704. The Bertz CT molecular complexity index is 222. The first-order chi connectivity index (χ1) is 8.74. The number of hydrogen-bond donors (Lipinski definition) is 1. The van der Waals surface area contributed by atoms with Gasteiger partial charge in [-0.25, -0.2) is 0 Å². The van der Waals surface area contributed by atoms with Gasteiger partial charge in [-0.15, -0.1) is 0 Å². The maximum atomic E-state index is 5.93. The van der Waals surface area contributed by atoms with E-state index in [1.807, 2.05) is 0 Å². The van der Waals surface area contributed by atoms with E-state index in [0.29, 0.717) is 18.3 Å². The molecule has 0 aromatic carbocycles. The first kappa shape index (κ1) is 14.3. The van der Waals surface area contributed by atoms with Gasteiger partial charge in [-0.1, -0.05) is 0 Å². The summed E-state index contributed by atoms with van der Waals surface area (Å²) in [5.74, 6) is 0. The van der Waals surface area contributed by atoms with Gasteiger partial charge in [-0.3, -0.25) is 4.90 Å². The average molecular weight is 256 g/mol. The lowest BCUT2D eigenvalue weighted by Gasteiger charge is -2.35. The fourth-order valence-electron chi connectivity index (χ4n) is 2.97. The lowest BCUT2D eigenvalue weighted by Crippen LogP contribution is -2.45. The van der Waals surface area contributed by atoms with Crippen LogP contribution in [0, 0.1) is 0 Å². The summed E-state index contributed by atoms with van der Waals surface area (Å²) >= 11 is 0. The second-order valence-electron chi connectivity index (χ2n) is 5.69. The van der Waals surface area contributed by atoms with Crippen molar-refractivity contribution < 1.29 is 9.47 Å². The van der Waals surface area contributed by atoms with Crippen molar-refractivity contribution in [1.82, 2.24) is 10.2 Å². The first-order valence-corrected chi connectivity index (χ1v) is 7.44.